The van der Waals surface area contributed by atoms with E-state index in [4.69, 9.17) is 9.47 Å². The Bertz CT molecular complexity index is 1110. The van der Waals surface area contributed by atoms with Crippen LogP contribution in [0.2, 0.25) is 0 Å². The first-order chi connectivity index (χ1) is 16.4. The highest BCUT2D eigenvalue weighted by Crippen LogP contribution is 2.22. The summed E-state index contributed by atoms with van der Waals surface area (Å²) in [4.78, 5) is 24.6. The average Bonchev–Trinajstić information content (AvgIpc) is 3.23. The first kappa shape index (κ1) is 25.1. The molecule has 3 aromatic rings. The van der Waals surface area contributed by atoms with Gasteiger partial charge in [0, 0.05) is 12.2 Å². The molecule has 2 amide bonds. The molecule has 1 heterocycles. The van der Waals surface area contributed by atoms with Gasteiger partial charge in [-0.2, -0.15) is 0 Å². The van der Waals surface area contributed by atoms with Crippen molar-refractivity contribution in [3.05, 3.63) is 59.4 Å². The van der Waals surface area contributed by atoms with Crippen molar-refractivity contribution < 1.29 is 19.1 Å². The van der Waals surface area contributed by atoms with Crippen molar-refractivity contribution in [2.45, 2.75) is 39.0 Å². The normalized spacial score (nSPS) is 10.6. The third kappa shape index (κ3) is 6.74. The van der Waals surface area contributed by atoms with Crippen LogP contribution >= 0.6 is 11.8 Å². The maximum Gasteiger partial charge on any atom is 0.258 e. The second-order valence-electron chi connectivity index (χ2n) is 7.49. The van der Waals surface area contributed by atoms with Gasteiger partial charge in [0.2, 0.25) is 5.91 Å². The van der Waals surface area contributed by atoms with Crippen LogP contribution in [0.4, 0.5) is 5.69 Å². The summed E-state index contributed by atoms with van der Waals surface area (Å²) in [6.07, 6.45) is 0. The first-order valence-corrected chi connectivity index (χ1v) is 11.8. The monoisotopic (exact) mass is 483 g/mol. The van der Waals surface area contributed by atoms with Gasteiger partial charge in [0.05, 0.1) is 19.4 Å². The lowest BCUT2D eigenvalue weighted by Gasteiger charge is -2.12. The van der Waals surface area contributed by atoms with E-state index in [0.29, 0.717) is 23.2 Å². The predicted molar refractivity (Wildman–Crippen MR) is 131 cm³/mol. The number of methoxy groups -OCH3 is 1. The fourth-order valence-corrected chi connectivity index (χ4v) is 4.09. The smallest absolute Gasteiger partial charge is 0.258 e. The number of aryl methyl sites for hydroxylation is 2. The minimum absolute atomic E-state index is 0.0842. The van der Waals surface area contributed by atoms with Crippen molar-refractivity contribution >= 4 is 29.3 Å². The molecule has 0 radical (unpaired) electrons. The lowest BCUT2D eigenvalue weighted by Crippen LogP contribution is -2.29. The van der Waals surface area contributed by atoms with Crippen LogP contribution < -0.4 is 20.1 Å². The van der Waals surface area contributed by atoms with E-state index < -0.39 is 0 Å². The van der Waals surface area contributed by atoms with E-state index in [0.717, 1.165) is 22.6 Å². The zero-order chi connectivity index (χ0) is 24.5. The van der Waals surface area contributed by atoms with Crippen molar-refractivity contribution in [2.24, 2.45) is 0 Å². The molecule has 0 aliphatic rings. The largest absolute Gasteiger partial charge is 0.497 e. The summed E-state index contributed by atoms with van der Waals surface area (Å²) < 4.78 is 12.7. The van der Waals surface area contributed by atoms with E-state index in [9.17, 15) is 9.59 Å². The molecule has 0 aliphatic heterocycles. The van der Waals surface area contributed by atoms with Gasteiger partial charge in [0.25, 0.3) is 5.91 Å². The second kappa shape index (κ2) is 12.1. The molecular weight excluding hydrogens is 454 g/mol. The molecule has 1 aromatic heterocycles. The summed E-state index contributed by atoms with van der Waals surface area (Å²) in [5, 5.41) is 14.6. The van der Waals surface area contributed by atoms with E-state index in [1.54, 1.807) is 31.4 Å². The van der Waals surface area contributed by atoms with E-state index in [1.807, 2.05) is 43.5 Å². The van der Waals surface area contributed by atoms with Crippen molar-refractivity contribution in [2.75, 3.05) is 24.8 Å². The molecule has 10 heteroatoms. The van der Waals surface area contributed by atoms with Gasteiger partial charge in [-0.15, -0.1) is 10.2 Å². The van der Waals surface area contributed by atoms with Gasteiger partial charge in [0.1, 0.15) is 11.5 Å². The molecule has 2 N–H and O–H groups in total. The van der Waals surface area contributed by atoms with Crippen LogP contribution in [-0.4, -0.2) is 46.0 Å². The maximum atomic E-state index is 12.3. The maximum absolute atomic E-state index is 12.3. The number of ether oxygens (including phenoxy) is 2. The van der Waals surface area contributed by atoms with E-state index in [2.05, 4.69) is 20.8 Å². The van der Waals surface area contributed by atoms with Crippen LogP contribution in [0.3, 0.4) is 0 Å². The number of nitrogens with one attached hydrogen (secondary N) is 2. The molecule has 0 atom stereocenters. The van der Waals surface area contributed by atoms with Gasteiger partial charge in [-0.3, -0.25) is 9.59 Å². The Hall–Kier alpha value is -3.53. The third-order valence-electron chi connectivity index (χ3n) is 5.02. The van der Waals surface area contributed by atoms with Crippen molar-refractivity contribution in [3.8, 4) is 11.5 Å². The SMILES string of the molecule is CCn1c(CNC(=O)COc2c(C)cccc2C)nnc1SCC(=O)Nc1ccc(OC)cc1. The molecule has 0 saturated heterocycles. The quantitative estimate of drug-likeness (QED) is 0.403. The molecule has 0 fully saturated rings. The molecule has 0 unspecified atom stereocenters. The van der Waals surface area contributed by atoms with Crippen LogP contribution in [-0.2, 0) is 22.7 Å². The number of aromatic nitrogens is 3. The van der Waals surface area contributed by atoms with Gasteiger partial charge in [-0.1, -0.05) is 30.0 Å². The fraction of sp³-hybridized carbons (Fsp3) is 0.333. The summed E-state index contributed by atoms with van der Waals surface area (Å²) in [5.41, 5.74) is 2.65. The molecule has 180 valence electrons. The molecule has 0 aliphatic carbocycles. The number of hydrogen-bond donors (Lipinski definition) is 2. The number of para-hydroxylation sites is 1. The summed E-state index contributed by atoms with van der Waals surface area (Å²) in [6.45, 7) is 6.59. The van der Waals surface area contributed by atoms with E-state index in [-0.39, 0.29) is 30.7 Å². The number of anilines is 1. The van der Waals surface area contributed by atoms with E-state index >= 15 is 0 Å². The lowest BCUT2D eigenvalue weighted by molar-refractivity contribution is -0.123. The Kier molecular flexibility index (Phi) is 8.92. The number of rotatable bonds is 11. The van der Waals surface area contributed by atoms with Gasteiger partial charge in [-0.05, 0) is 56.2 Å². The Morgan fingerprint density at radius 2 is 1.74 bits per heavy atom. The zero-order valence-corrected chi connectivity index (χ0v) is 20.6. The van der Waals surface area contributed by atoms with Crippen molar-refractivity contribution in [1.82, 2.24) is 20.1 Å². The van der Waals surface area contributed by atoms with Crippen LogP contribution in [0, 0.1) is 13.8 Å². The average molecular weight is 484 g/mol. The second-order valence-corrected chi connectivity index (χ2v) is 8.44. The highest BCUT2D eigenvalue weighted by molar-refractivity contribution is 7.99. The number of nitrogens with zero attached hydrogens (tertiary/aromatic N) is 3. The summed E-state index contributed by atoms with van der Waals surface area (Å²) in [5.74, 6) is 1.84. The number of thioether (sulfide) groups is 1. The van der Waals surface area contributed by atoms with Crippen LogP contribution in [0.15, 0.2) is 47.6 Å². The fourth-order valence-electron chi connectivity index (χ4n) is 3.27. The van der Waals surface area contributed by atoms with Crippen molar-refractivity contribution in [3.63, 3.8) is 0 Å². The number of carbonyl (C=O) groups excluding carboxylic acids is 2. The molecule has 0 saturated carbocycles. The minimum Gasteiger partial charge on any atom is -0.497 e. The molecule has 0 spiro atoms. The third-order valence-corrected chi connectivity index (χ3v) is 5.98. The molecule has 0 bridgehead atoms. The number of benzene rings is 2. The Labute approximate surface area is 203 Å². The summed E-state index contributed by atoms with van der Waals surface area (Å²) in [7, 11) is 1.59. The van der Waals surface area contributed by atoms with Crippen molar-refractivity contribution in [1.29, 1.82) is 0 Å². The zero-order valence-electron chi connectivity index (χ0n) is 19.8. The first-order valence-electron chi connectivity index (χ1n) is 10.9. The molecule has 9 nitrogen and oxygen atoms in total. The number of amides is 2. The van der Waals surface area contributed by atoms with Crippen LogP contribution in [0.1, 0.15) is 23.9 Å². The lowest BCUT2D eigenvalue weighted by atomic mass is 10.1. The standard InChI is InChI=1S/C24H29N5O4S/c1-5-29-20(13-25-21(30)14-33-23-16(2)7-6-8-17(23)3)27-28-24(29)34-15-22(31)26-18-9-11-19(32-4)12-10-18/h6-12H,5,13-15H2,1-4H3,(H,25,30)(H,26,31). The molecule has 2 aromatic carbocycles. The highest BCUT2D eigenvalue weighted by atomic mass is 32.2. The van der Waals surface area contributed by atoms with E-state index in [1.165, 1.54) is 11.8 Å². The van der Waals surface area contributed by atoms with Gasteiger partial charge in [-0.25, -0.2) is 0 Å². The Balaban J connectivity index is 1.49. The number of carbonyl (C=O) groups is 2. The van der Waals surface area contributed by atoms with Gasteiger partial charge in [0.15, 0.2) is 17.6 Å². The Morgan fingerprint density at radius 1 is 1.03 bits per heavy atom. The number of hydrogen-bond acceptors (Lipinski definition) is 7. The topological polar surface area (TPSA) is 107 Å². The Morgan fingerprint density at radius 3 is 2.38 bits per heavy atom. The van der Waals surface area contributed by atoms with Crippen LogP contribution in [0.5, 0.6) is 11.5 Å². The highest BCUT2D eigenvalue weighted by Gasteiger charge is 2.15. The predicted octanol–water partition coefficient (Wildman–Crippen LogP) is 3.35. The van der Waals surface area contributed by atoms with Gasteiger partial charge < -0.3 is 24.7 Å². The van der Waals surface area contributed by atoms with Crippen LogP contribution in [0.25, 0.3) is 0 Å². The minimum atomic E-state index is -0.249. The summed E-state index contributed by atoms with van der Waals surface area (Å²) in [6, 6.07) is 13.0. The molecular formula is C24H29N5O4S. The van der Waals surface area contributed by atoms with Gasteiger partial charge >= 0.3 is 0 Å². The molecule has 34 heavy (non-hydrogen) atoms. The molecule has 3 rings (SSSR count). The summed E-state index contributed by atoms with van der Waals surface area (Å²) >= 11 is 1.29.